The number of amides is 2. The number of nitrogens with one attached hydrogen (secondary N) is 1. The topological polar surface area (TPSA) is 72.2 Å². The van der Waals surface area contributed by atoms with Crippen LogP contribution in [0.1, 0.15) is 24.8 Å². The molecule has 1 fully saturated rings. The Balaban J connectivity index is 1.97. The third kappa shape index (κ3) is 2.64. The first kappa shape index (κ1) is 12.9. The van der Waals surface area contributed by atoms with Crippen molar-refractivity contribution in [1.29, 1.82) is 0 Å². The van der Waals surface area contributed by atoms with E-state index in [1.165, 1.54) is 0 Å². The quantitative estimate of drug-likeness (QED) is 0.865. The molecule has 3 unspecified atom stereocenters. The minimum atomic E-state index is -0.634. The molecule has 1 saturated carbocycles. The molecule has 18 heavy (non-hydrogen) atoms. The molecule has 0 bridgehead atoms. The Bertz CT molecular complexity index is 490. The van der Waals surface area contributed by atoms with Crippen molar-refractivity contribution in [3.05, 3.63) is 34.9 Å². The van der Waals surface area contributed by atoms with Gasteiger partial charge in [-0.15, -0.1) is 0 Å². The van der Waals surface area contributed by atoms with Gasteiger partial charge < -0.3 is 11.1 Å². The monoisotopic (exact) mass is 266 g/mol. The molecule has 0 aliphatic heterocycles. The molecule has 3 N–H and O–H groups in total. The van der Waals surface area contributed by atoms with Crippen LogP contribution in [0.2, 0.25) is 5.02 Å². The summed E-state index contributed by atoms with van der Waals surface area (Å²) in [5.41, 5.74) is 6.09. The summed E-state index contributed by atoms with van der Waals surface area (Å²) < 4.78 is 0. The van der Waals surface area contributed by atoms with Gasteiger partial charge in [0.1, 0.15) is 6.04 Å². The highest BCUT2D eigenvalue weighted by molar-refractivity contribution is 6.31. The lowest BCUT2D eigenvalue weighted by Crippen LogP contribution is -2.43. The van der Waals surface area contributed by atoms with Gasteiger partial charge in [0, 0.05) is 10.9 Å². The summed E-state index contributed by atoms with van der Waals surface area (Å²) in [6.07, 6.45) is 0.765. The first-order valence-electron chi connectivity index (χ1n) is 5.85. The molecule has 0 radical (unpaired) electrons. The van der Waals surface area contributed by atoms with E-state index < -0.39 is 11.9 Å². The van der Waals surface area contributed by atoms with Gasteiger partial charge in [-0.2, -0.15) is 0 Å². The molecular weight excluding hydrogens is 252 g/mol. The van der Waals surface area contributed by atoms with Gasteiger partial charge in [-0.3, -0.25) is 9.59 Å². The maximum Gasteiger partial charge on any atom is 0.239 e. The summed E-state index contributed by atoms with van der Waals surface area (Å²) in [6, 6.07) is 6.87. The lowest BCUT2D eigenvalue weighted by Gasteiger charge is -2.10. The van der Waals surface area contributed by atoms with E-state index in [1.54, 1.807) is 6.92 Å². The van der Waals surface area contributed by atoms with E-state index in [2.05, 4.69) is 5.32 Å². The molecule has 1 aliphatic rings. The van der Waals surface area contributed by atoms with Crippen molar-refractivity contribution in [2.45, 2.75) is 25.3 Å². The van der Waals surface area contributed by atoms with E-state index >= 15 is 0 Å². The van der Waals surface area contributed by atoms with Crippen LogP contribution in [0.4, 0.5) is 0 Å². The number of halogens is 1. The van der Waals surface area contributed by atoms with Gasteiger partial charge >= 0.3 is 0 Å². The molecule has 0 heterocycles. The van der Waals surface area contributed by atoms with Crippen molar-refractivity contribution >= 4 is 23.4 Å². The molecule has 2 rings (SSSR count). The highest BCUT2D eigenvalue weighted by Crippen LogP contribution is 2.49. The Morgan fingerprint density at radius 2 is 2.11 bits per heavy atom. The molecule has 1 aromatic carbocycles. The molecular formula is C13H15ClN2O2. The maximum absolute atomic E-state index is 11.9. The number of benzene rings is 1. The van der Waals surface area contributed by atoms with Crippen molar-refractivity contribution in [2.75, 3.05) is 0 Å². The molecule has 0 spiro atoms. The number of carbonyl (C=O) groups is 2. The van der Waals surface area contributed by atoms with Crippen LogP contribution in [-0.4, -0.2) is 17.9 Å². The second kappa shape index (κ2) is 4.98. The Kier molecular flexibility index (Phi) is 3.57. The van der Waals surface area contributed by atoms with Crippen molar-refractivity contribution in [2.24, 2.45) is 11.7 Å². The minimum Gasteiger partial charge on any atom is -0.368 e. The van der Waals surface area contributed by atoms with Gasteiger partial charge in [-0.25, -0.2) is 0 Å². The zero-order chi connectivity index (χ0) is 13.3. The Morgan fingerprint density at radius 3 is 2.72 bits per heavy atom. The summed E-state index contributed by atoms with van der Waals surface area (Å²) in [6.45, 7) is 1.58. The van der Waals surface area contributed by atoms with Gasteiger partial charge in [-0.1, -0.05) is 29.8 Å². The second-order valence-corrected chi connectivity index (χ2v) is 5.01. The van der Waals surface area contributed by atoms with Crippen LogP contribution in [0.25, 0.3) is 0 Å². The first-order chi connectivity index (χ1) is 8.50. The number of primary amides is 1. The summed E-state index contributed by atoms with van der Waals surface area (Å²) in [5.74, 6) is -0.616. The normalized spacial score (nSPS) is 23.2. The highest BCUT2D eigenvalue weighted by atomic mass is 35.5. The standard InChI is InChI=1S/C13H15ClN2O2/c1-7(12(15)17)16-13(18)10-6-9(10)8-4-2-3-5-11(8)14/h2-5,7,9-10H,6H2,1H3,(H2,15,17)(H,16,18). The van der Waals surface area contributed by atoms with Crippen LogP contribution in [0.5, 0.6) is 0 Å². The Hall–Kier alpha value is -1.55. The SMILES string of the molecule is CC(NC(=O)C1CC1c1ccccc1Cl)C(N)=O. The minimum absolute atomic E-state index is 0.105. The van der Waals surface area contributed by atoms with E-state index in [-0.39, 0.29) is 17.7 Å². The van der Waals surface area contributed by atoms with E-state index in [0.717, 1.165) is 12.0 Å². The van der Waals surface area contributed by atoms with Crippen molar-refractivity contribution < 1.29 is 9.59 Å². The van der Waals surface area contributed by atoms with Gasteiger partial charge in [0.2, 0.25) is 11.8 Å². The van der Waals surface area contributed by atoms with Crippen LogP contribution in [0.15, 0.2) is 24.3 Å². The Labute approximate surface area is 110 Å². The smallest absolute Gasteiger partial charge is 0.239 e. The van der Waals surface area contributed by atoms with Crippen molar-refractivity contribution in [1.82, 2.24) is 5.32 Å². The summed E-state index contributed by atoms with van der Waals surface area (Å²) >= 11 is 6.08. The van der Waals surface area contributed by atoms with E-state index in [9.17, 15) is 9.59 Å². The van der Waals surface area contributed by atoms with Gasteiger partial charge in [-0.05, 0) is 30.9 Å². The third-order valence-electron chi connectivity index (χ3n) is 3.22. The van der Waals surface area contributed by atoms with Gasteiger partial charge in [0.25, 0.3) is 0 Å². The number of nitrogens with two attached hydrogens (primary N) is 1. The predicted octanol–water partition coefficient (Wildman–Crippen LogP) is 1.43. The lowest BCUT2D eigenvalue weighted by molar-refractivity contribution is -0.127. The Morgan fingerprint density at radius 1 is 1.44 bits per heavy atom. The zero-order valence-corrected chi connectivity index (χ0v) is 10.8. The molecule has 5 heteroatoms. The van der Waals surface area contributed by atoms with Crippen LogP contribution in [-0.2, 0) is 9.59 Å². The van der Waals surface area contributed by atoms with Crippen LogP contribution < -0.4 is 11.1 Å². The second-order valence-electron chi connectivity index (χ2n) is 4.60. The largest absolute Gasteiger partial charge is 0.368 e. The number of carbonyl (C=O) groups excluding carboxylic acids is 2. The zero-order valence-electron chi connectivity index (χ0n) is 10.0. The number of rotatable bonds is 4. The molecule has 96 valence electrons. The highest BCUT2D eigenvalue weighted by Gasteiger charge is 2.45. The predicted molar refractivity (Wildman–Crippen MR) is 69.1 cm³/mol. The summed E-state index contributed by atoms with van der Waals surface area (Å²) in [4.78, 5) is 22.7. The van der Waals surface area contributed by atoms with E-state index in [4.69, 9.17) is 17.3 Å². The fourth-order valence-electron chi connectivity index (χ4n) is 2.00. The van der Waals surface area contributed by atoms with Crippen molar-refractivity contribution in [3.8, 4) is 0 Å². The average Bonchev–Trinajstić information content (AvgIpc) is 3.09. The molecule has 0 aromatic heterocycles. The van der Waals surface area contributed by atoms with Crippen molar-refractivity contribution in [3.63, 3.8) is 0 Å². The van der Waals surface area contributed by atoms with Crippen LogP contribution in [0.3, 0.4) is 0 Å². The fraction of sp³-hybridized carbons (Fsp3) is 0.385. The number of hydrogen-bond acceptors (Lipinski definition) is 2. The molecule has 2 amide bonds. The summed E-state index contributed by atoms with van der Waals surface area (Å²) in [5, 5.41) is 3.29. The van der Waals surface area contributed by atoms with Gasteiger partial charge in [0.15, 0.2) is 0 Å². The van der Waals surface area contributed by atoms with Gasteiger partial charge in [0.05, 0.1) is 0 Å². The first-order valence-corrected chi connectivity index (χ1v) is 6.22. The van der Waals surface area contributed by atoms with Crippen LogP contribution >= 0.6 is 11.6 Å². The molecule has 0 saturated heterocycles. The molecule has 4 nitrogen and oxygen atoms in total. The van der Waals surface area contributed by atoms with Crippen LogP contribution in [0, 0.1) is 5.92 Å². The van der Waals surface area contributed by atoms with E-state index in [1.807, 2.05) is 24.3 Å². The lowest BCUT2D eigenvalue weighted by atomic mass is 10.1. The summed E-state index contributed by atoms with van der Waals surface area (Å²) in [7, 11) is 0. The average molecular weight is 267 g/mol. The number of hydrogen-bond donors (Lipinski definition) is 2. The fourth-order valence-corrected chi connectivity index (χ4v) is 2.27. The molecule has 3 atom stereocenters. The molecule has 1 aliphatic carbocycles. The maximum atomic E-state index is 11.9. The van der Waals surface area contributed by atoms with E-state index in [0.29, 0.717) is 5.02 Å². The molecule has 1 aromatic rings. The third-order valence-corrected chi connectivity index (χ3v) is 3.56.